The zero-order valence-corrected chi connectivity index (χ0v) is 12.8. The van der Waals surface area contributed by atoms with Gasteiger partial charge in [-0.15, -0.1) is 0 Å². The van der Waals surface area contributed by atoms with Crippen LogP contribution >= 0.6 is 0 Å². The second-order valence-electron chi connectivity index (χ2n) is 5.60. The van der Waals surface area contributed by atoms with Gasteiger partial charge in [-0.25, -0.2) is 0 Å². The topological polar surface area (TPSA) is 33.1 Å². The van der Waals surface area contributed by atoms with Crippen LogP contribution in [0, 0.1) is 0 Å². The molecule has 4 nitrogen and oxygen atoms in total. The molecule has 2 unspecified atom stereocenters. The van der Waals surface area contributed by atoms with Gasteiger partial charge >= 0.3 is 0 Å². The number of piperazine rings is 1. The first-order chi connectivity index (χ1) is 9.17. The van der Waals surface area contributed by atoms with Crippen LogP contribution in [0.2, 0.25) is 0 Å². The molecule has 2 rings (SSSR count). The van der Waals surface area contributed by atoms with Gasteiger partial charge in [-0.2, -0.15) is 5.10 Å². The molecule has 108 valence electrons. The van der Waals surface area contributed by atoms with Gasteiger partial charge in [0.05, 0.1) is 11.4 Å². The van der Waals surface area contributed by atoms with Crippen molar-refractivity contribution in [1.82, 2.24) is 20.0 Å². The Hall–Kier alpha value is -0.870. The second kappa shape index (κ2) is 6.53. The summed E-state index contributed by atoms with van der Waals surface area (Å²) in [4.78, 5) is 2.61. The summed E-state index contributed by atoms with van der Waals surface area (Å²) in [6, 6.07) is 3.52. The van der Waals surface area contributed by atoms with E-state index < -0.39 is 0 Å². The molecule has 0 bridgehead atoms. The SMILES string of the molecule is CCc1cc(CN2CC(C)NCC2CC)n(CC)n1. The lowest BCUT2D eigenvalue weighted by molar-refractivity contribution is 0.121. The average molecular weight is 264 g/mol. The number of hydrogen-bond acceptors (Lipinski definition) is 3. The van der Waals surface area contributed by atoms with Crippen molar-refractivity contribution in [2.24, 2.45) is 0 Å². The summed E-state index contributed by atoms with van der Waals surface area (Å²) in [6.45, 7) is 13.1. The summed E-state index contributed by atoms with van der Waals surface area (Å²) in [5.74, 6) is 0. The lowest BCUT2D eigenvalue weighted by atomic mass is 10.1. The van der Waals surface area contributed by atoms with Crippen molar-refractivity contribution < 1.29 is 0 Å². The minimum Gasteiger partial charge on any atom is -0.311 e. The number of nitrogens with zero attached hydrogens (tertiary/aromatic N) is 3. The summed E-state index contributed by atoms with van der Waals surface area (Å²) in [5, 5.41) is 8.24. The number of rotatable bonds is 5. The van der Waals surface area contributed by atoms with Crippen LogP contribution in [-0.2, 0) is 19.5 Å². The van der Waals surface area contributed by atoms with Crippen molar-refractivity contribution in [3.63, 3.8) is 0 Å². The molecule has 1 N–H and O–H groups in total. The van der Waals surface area contributed by atoms with Gasteiger partial charge in [0.25, 0.3) is 0 Å². The molecular formula is C15H28N4. The molecule has 1 aliphatic rings. The summed E-state index contributed by atoms with van der Waals surface area (Å²) in [5.41, 5.74) is 2.58. The van der Waals surface area contributed by atoms with E-state index in [1.165, 1.54) is 17.8 Å². The molecule has 1 aliphatic heterocycles. The van der Waals surface area contributed by atoms with E-state index in [9.17, 15) is 0 Å². The largest absolute Gasteiger partial charge is 0.311 e. The maximum atomic E-state index is 4.66. The lowest BCUT2D eigenvalue weighted by Gasteiger charge is -2.39. The Labute approximate surface area is 117 Å². The molecule has 0 radical (unpaired) electrons. The predicted molar refractivity (Wildman–Crippen MR) is 79.2 cm³/mol. The van der Waals surface area contributed by atoms with Crippen LogP contribution in [0.1, 0.15) is 45.5 Å². The van der Waals surface area contributed by atoms with Crippen LogP contribution in [0.15, 0.2) is 6.07 Å². The molecule has 0 saturated carbocycles. The van der Waals surface area contributed by atoms with Crippen molar-refractivity contribution in [3.05, 3.63) is 17.5 Å². The van der Waals surface area contributed by atoms with E-state index in [0.29, 0.717) is 12.1 Å². The van der Waals surface area contributed by atoms with Crippen LogP contribution in [0.5, 0.6) is 0 Å². The molecule has 1 aromatic heterocycles. The summed E-state index contributed by atoms with van der Waals surface area (Å²) in [7, 11) is 0. The molecule has 0 spiro atoms. The predicted octanol–water partition coefficient (Wildman–Crippen LogP) is 2.04. The van der Waals surface area contributed by atoms with Crippen molar-refractivity contribution in [1.29, 1.82) is 0 Å². The molecule has 4 heteroatoms. The third kappa shape index (κ3) is 3.37. The van der Waals surface area contributed by atoms with E-state index in [1.54, 1.807) is 0 Å². The number of nitrogens with one attached hydrogen (secondary N) is 1. The minimum absolute atomic E-state index is 0.589. The Morgan fingerprint density at radius 3 is 2.79 bits per heavy atom. The fourth-order valence-electron chi connectivity index (χ4n) is 2.92. The first kappa shape index (κ1) is 14.5. The quantitative estimate of drug-likeness (QED) is 0.883. The van der Waals surface area contributed by atoms with E-state index in [-0.39, 0.29) is 0 Å². The Bertz CT molecular complexity index is 399. The number of aromatic nitrogens is 2. The molecule has 0 aromatic carbocycles. The normalized spacial score (nSPS) is 24.8. The van der Waals surface area contributed by atoms with Gasteiger partial charge in [0.2, 0.25) is 0 Å². The highest BCUT2D eigenvalue weighted by Gasteiger charge is 2.25. The van der Waals surface area contributed by atoms with Gasteiger partial charge in [0.1, 0.15) is 0 Å². The first-order valence-electron chi connectivity index (χ1n) is 7.70. The van der Waals surface area contributed by atoms with E-state index in [2.05, 4.69) is 53.8 Å². The Morgan fingerprint density at radius 1 is 1.37 bits per heavy atom. The van der Waals surface area contributed by atoms with Crippen molar-refractivity contribution in [2.45, 2.75) is 65.7 Å². The highest BCUT2D eigenvalue weighted by molar-refractivity contribution is 5.11. The van der Waals surface area contributed by atoms with Gasteiger partial charge in [-0.05, 0) is 32.8 Å². The molecule has 1 fully saturated rings. The minimum atomic E-state index is 0.589. The average Bonchev–Trinajstić information content (AvgIpc) is 2.81. The summed E-state index contributed by atoms with van der Waals surface area (Å²) < 4.78 is 2.16. The maximum Gasteiger partial charge on any atom is 0.0625 e. The highest BCUT2D eigenvalue weighted by Crippen LogP contribution is 2.16. The Balaban J connectivity index is 2.11. The van der Waals surface area contributed by atoms with Crippen LogP contribution in [0.4, 0.5) is 0 Å². The van der Waals surface area contributed by atoms with E-state index in [1.807, 2.05) is 0 Å². The van der Waals surface area contributed by atoms with Crippen LogP contribution in [0.25, 0.3) is 0 Å². The van der Waals surface area contributed by atoms with Crippen molar-refractivity contribution >= 4 is 0 Å². The van der Waals surface area contributed by atoms with Gasteiger partial charge in [-0.1, -0.05) is 13.8 Å². The fourth-order valence-corrected chi connectivity index (χ4v) is 2.92. The molecule has 2 heterocycles. The molecule has 0 aliphatic carbocycles. The molecule has 2 atom stereocenters. The van der Waals surface area contributed by atoms with Crippen molar-refractivity contribution in [3.8, 4) is 0 Å². The summed E-state index contributed by atoms with van der Waals surface area (Å²) >= 11 is 0. The third-order valence-corrected chi connectivity index (χ3v) is 4.14. The Kier molecular flexibility index (Phi) is 4.99. The molecule has 0 amide bonds. The molecule has 19 heavy (non-hydrogen) atoms. The number of hydrogen-bond donors (Lipinski definition) is 1. The van der Waals surface area contributed by atoms with Gasteiger partial charge in [0, 0.05) is 38.3 Å². The smallest absolute Gasteiger partial charge is 0.0625 e. The van der Waals surface area contributed by atoms with Crippen LogP contribution in [-0.4, -0.2) is 39.9 Å². The molecule has 1 aromatic rings. The Morgan fingerprint density at radius 2 is 2.16 bits per heavy atom. The van der Waals surface area contributed by atoms with E-state index >= 15 is 0 Å². The second-order valence-corrected chi connectivity index (χ2v) is 5.60. The monoisotopic (exact) mass is 264 g/mol. The van der Waals surface area contributed by atoms with Crippen LogP contribution in [0.3, 0.4) is 0 Å². The summed E-state index contributed by atoms with van der Waals surface area (Å²) in [6.07, 6.45) is 2.23. The zero-order chi connectivity index (χ0) is 13.8. The zero-order valence-electron chi connectivity index (χ0n) is 12.8. The lowest BCUT2D eigenvalue weighted by Crippen LogP contribution is -2.54. The third-order valence-electron chi connectivity index (χ3n) is 4.14. The molecule has 1 saturated heterocycles. The van der Waals surface area contributed by atoms with E-state index in [4.69, 9.17) is 0 Å². The maximum absolute atomic E-state index is 4.66. The van der Waals surface area contributed by atoms with Crippen molar-refractivity contribution in [2.75, 3.05) is 13.1 Å². The van der Waals surface area contributed by atoms with Gasteiger partial charge in [-0.3, -0.25) is 9.58 Å². The van der Waals surface area contributed by atoms with Gasteiger partial charge < -0.3 is 5.32 Å². The first-order valence-corrected chi connectivity index (χ1v) is 7.70. The van der Waals surface area contributed by atoms with E-state index in [0.717, 1.165) is 32.6 Å². The highest BCUT2D eigenvalue weighted by atomic mass is 15.3. The molecular weight excluding hydrogens is 236 g/mol. The fraction of sp³-hybridized carbons (Fsp3) is 0.800. The van der Waals surface area contributed by atoms with Gasteiger partial charge in [0.15, 0.2) is 0 Å². The standard InChI is InChI=1S/C15H28N4/c1-5-13-8-15(19(7-3)17-13)11-18-10-12(4)16-9-14(18)6-2/h8,12,14,16H,5-7,9-11H2,1-4H3. The number of aryl methyl sites for hydroxylation is 2. The van der Waals surface area contributed by atoms with Crippen LogP contribution < -0.4 is 5.32 Å².